The summed E-state index contributed by atoms with van der Waals surface area (Å²) >= 11 is 0. The normalized spacial score (nSPS) is 9.61. The molecule has 3 heteroatoms. The largest absolute Gasteiger partial charge is 0.383 e. The standard InChI is InChI=1S/C15H15N3/c1-12-4-6-13(7-5-12)15(8-9-18(2)3)14(10-16)11-17/h4-9H,1-3H3/b9-8+. The molecule has 1 aromatic rings. The van der Waals surface area contributed by atoms with Crippen LogP contribution in [-0.4, -0.2) is 19.0 Å². The van der Waals surface area contributed by atoms with Crippen molar-refractivity contribution in [2.45, 2.75) is 6.92 Å². The van der Waals surface area contributed by atoms with Crippen LogP contribution in [-0.2, 0) is 0 Å². The van der Waals surface area contributed by atoms with E-state index in [9.17, 15) is 0 Å². The maximum Gasteiger partial charge on any atom is 0.137 e. The lowest BCUT2D eigenvalue weighted by Gasteiger charge is -2.07. The van der Waals surface area contributed by atoms with Gasteiger partial charge in [0.2, 0.25) is 0 Å². The highest BCUT2D eigenvalue weighted by molar-refractivity contribution is 5.81. The van der Waals surface area contributed by atoms with E-state index in [0.29, 0.717) is 5.57 Å². The Balaban J connectivity index is 3.31. The van der Waals surface area contributed by atoms with E-state index in [4.69, 9.17) is 10.5 Å². The fraction of sp³-hybridized carbons (Fsp3) is 0.200. The van der Waals surface area contributed by atoms with Gasteiger partial charge >= 0.3 is 0 Å². The fourth-order valence-corrected chi connectivity index (χ4v) is 1.43. The van der Waals surface area contributed by atoms with E-state index in [2.05, 4.69) is 0 Å². The SMILES string of the molecule is Cc1ccc(C(/C=C/N(C)C)=C(C#N)C#N)cc1. The number of rotatable bonds is 3. The number of aryl methyl sites for hydroxylation is 1. The van der Waals surface area contributed by atoms with Gasteiger partial charge in [0.1, 0.15) is 17.7 Å². The Hall–Kier alpha value is -2.52. The van der Waals surface area contributed by atoms with Gasteiger partial charge in [-0.05, 0) is 24.8 Å². The van der Waals surface area contributed by atoms with Gasteiger partial charge in [-0.1, -0.05) is 29.8 Å². The molecule has 0 N–H and O–H groups in total. The number of hydrogen-bond acceptors (Lipinski definition) is 3. The zero-order chi connectivity index (χ0) is 13.5. The third kappa shape index (κ3) is 3.50. The summed E-state index contributed by atoms with van der Waals surface area (Å²) in [5.41, 5.74) is 2.78. The van der Waals surface area contributed by atoms with Crippen LogP contribution in [0.1, 0.15) is 11.1 Å². The maximum absolute atomic E-state index is 9.00. The smallest absolute Gasteiger partial charge is 0.137 e. The molecule has 0 radical (unpaired) electrons. The zero-order valence-corrected chi connectivity index (χ0v) is 10.8. The van der Waals surface area contributed by atoms with Crippen LogP contribution in [0, 0.1) is 29.6 Å². The molecule has 0 atom stereocenters. The van der Waals surface area contributed by atoms with Crippen LogP contribution in [0.3, 0.4) is 0 Å². The molecule has 0 spiro atoms. The molecule has 0 saturated heterocycles. The second-order valence-corrected chi connectivity index (χ2v) is 4.16. The first-order chi connectivity index (χ1) is 8.58. The zero-order valence-electron chi connectivity index (χ0n) is 10.8. The summed E-state index contributed by atoms with van der Waals surface area (Å²) in [5.74, 6) is 0. The Morgan fingerprint density at radius 3 is 2.11 bits per heavy atom. The van der Waals surface area contributed by atoms with E-state index >= 15 is 0 Å². The van der Waals surface area contributed by atoms with Crippen molar-refractivity contribution in [1.29, 1.82) is 10.5 Å². The van der Waals surface area contributed by atoms with Gasteiger partial charge in [0.15, 0.2) is 0 Å². The Bertz CT molecular complexity index is 533. The number of nitriles is 2. The summed E-state index contributed by atoms with van der Waals surface area (Å²) in [6, 6.07) is 11.6. The summed E-state index contributed by atoms with van der Waals surface area (Å²) in [4.78, 5) is 1.86. The van der Waals surface area contributed by atoms with Gasteiger partial charge in [-0.2, -0.15) is 10.5 Å². The van der Waals surface area contributed by atoms with Crippen LogP contribution in [0.25, 0.3) is 5.57 Å². The summed E-state index contributed by atoms with van der Waals surface area (Å²) in [5, 5.41) is 18.0. The number of nitrogens with zero attached hydrogens (tertiary/aromatic N) is 3. The molecule has 18 heavy (non-hydrogen) atoms. The van der Waals surface area contributed by atoms with Crippen molar-refractivity contribution in [1.82, 2.24) is 4.90 Å². The van der Waals surface area contributed by atoms with Crippen molar-refractivity contribution in [3.8, 4) is 12.1 Å². The molecule has 0 fully saturated rings. The summed E-state index contributed by atoms with van der Waals surface area (Å²) < 4.78 is 0. The molecule has 0 aliphatic rings. The van der Waals surface area contributed by atoms with Crippen molar-refractivity contribution < 1.29 is 0 Å². The summed E-state index contributed by atoms with van der Waals surface area (Å²) in [7, 11) is 3.78. The first-order valence-electron chi connectivity index (χ1n) is 5.54. The van der Waals surface area contributed by atoms with Gasteiger partial charge in [0.05, 0.1) is 0 Å². The highest BCUT2D eigenvalue weighted by Crippen LogP contribution is 2.20. The number of hydrogen-bond donors (Lipinski definition) is 0. The predicted molar refractivity (Wildman–Crippen MR) is 72.2 cm³/mol. The Kier molecular flexibility index (Phi) is 4.72. The lowest BCUT2D eigenvalue weighted by atomic mass is 10.00. The summed E-state index contributed by atoms with van der Waals surface area (Å²) in [6.07, 6.45) is 3.61. The minimum Gasteiger partial charge on any atom is -0.383 e. The first-order valence-corrected chi connectivity index (χ1v) is 5.54. The molecule has 0 aliphatic heterocycles. The van der Waals surface area contributed by atoms with Crippen molar-refractivity contribution in [3.63, 3.8) is 0 Å². The van der Waals surface area contributed by atoms with Gasteiger partial charge in [0, 0.05) is 19.7 Å². The van der Waals surface area contributed by atoms with Crippen molar-refractivity contribution in [2.24, 2.45) is 0 Å². The van der Waals surface area contributed by atoms with Crippen molar-refractivity contribution in [3.05, 3.63) is 53.2 Å². The highest BCUT2D eigenvalue weighted by atomic mass is 15.0. The van der Waals surface area contributed by atoms with Crippen LogP contribution < -0.4 is 0 Å². The fourth-order valence-electron chi connectivity index (χ4n) is 1.43. The quantitative estimate of drug-likeness (QED) is 0.600. The minimum atomic E-state index is 0.122. The van der Waals surface area contributed by atoms with E-state index in [1.165, 1.54) is 0 Å². The van der Waals surface area contributed by atoms with E-state index in [-0.39, 0.29) is 5.57 Å². The van der Waals surface area contributed by atoms with E-state index in [0.717, 1.165) is 11.1 Å². The average molecular weight is 237 g/mol. The molecule has 0 amide bonds. The van der Waals surface area contributed by atoms with Crippen LogP contribution in [0.2, 0.25) is 0 Å². The van der Waals surface area contributed by atoms with Gasteiger partial charge in [-0.3, -0.25) is 0 Å². The second-order valence-electron chi connectivity index (χ2n) is 4.16. The van der Waals surface area contributed by atoms with Crippen LogP contribution in [0.4, 0.5) is 0 Å². The van der Waals surface area contributed by atoms with E-state index in [1.807, 2.05) is 68.5 Å². The molecule has 0 aromatic heterocycles. The second kappa shape index (κ2) is 6.27. The first kappa shape index (κ1) is 13.5. The Labute approximate surface area is 108 Å². The molecule has 90 valence electrons. The van der Waals surface area contributed by atoms with E-state index < -0.39 is 0 Å². The van der Waals surface area contributed by atoms with Gasteiger partial charge in [-0.15, -0.1) is 0 Å². The van der Waals surface area contributed by atoms with E-state index in [1.54, 1.807) is 6.08 Å². The molecule has 0 bridgehead atoms. The predicted octanol–water partition coefficient (Wildman–Crippen LogP) is 2.87. The van der Waals surface area contributed by atoms with Crippen molar-refractivity contribution in [2.75, 3.05) is 14.1 Å². The van der Waals surface area contributed by atoms with Crippen LogP contribution in [0.15, 0.2) is 42.1 Å². The average Bonchev–Trinajstić information content (AvgIpc) is 2.35. The third-order valence-corrected chi connectivity index (χ3v) is 2.39. The third-order valence-electron chi connectivity index (χ3n) is 2.39. The topological polar surface area (TPSA) is 50.8 Å². The molecule has 1 rings (SSSR count). The molecule has 0 aliphatic carbocycles. The molecule has 0 heterocycles. The lowest BCUT2D eigenvalue weighted by Crippen LogP contribution is -2.00. The lowest BCUT2D eigenvalue weighted by molar-refractivity contribution is 0.564. The van der Waals surface area contributed by atoms with Gasteiger partial charge in [0.25, 0.3) is 0 Å². The molecular weight excluding hydrogens is 222 g/mol. The minimum absolute atomic E-state index is 0.122. The molecule has 3 nitrogen and oxygen atoms in total. The monoisotopic (exact) mass is 237 g/mol. The molecule has 0 unspecified atom stereocenters. The Morgan fingerprint density at radius 2 is 1.67 bits per heavy atom. The van der Waals surface area contributed by atoms with Crippen LogP contribution >= 0.6 is 0 Å². The van der Waals surface area contributed by atoms with Crippen LogP contribution in [0.5, 0.6) is 0 Å². The van der Waals surface area contributed by atoms with Gasteiger partial charge in [-0.25, -0.2) is 0 Å². The highest BCUT2D eigenvalue weighted by Gasteiger charge is 2.06. The number of allylic oxidation sites excluding steroid dienone is 3. The molecular formula is C15H15N3. The Morgan fingerprint density at radius 1 is 1.11 bits per heavy atom. The molecule has 0 saturated carbocycles. The maximum atomic E-state index is 9.00. The summed E-state index contributed by atoms with van der Waals surface area (Å²) in [6.45, 7) is 2.00. The number of benzene rings is 1. The van der Waals surface area contributed by atoms with Gasteiger partial charge < -0.3 is 4.90 Å². The molecule has 1 aromatic carbocycles. The van der Waals surface area contributed by atoms with Crippen molar-refractivity contribution >= 4 is 5.57 Å².